The van der Waals surface area contributed by atoms with Gasteiger partial charge in [-0.3, -0.25) is 24.9 Å². The van der Waals surface area contributed by atoms with E-state index in [0.717, 1.165) is 17.4 Å². The minimum Gasteiger partial charge on any atom is -0.478 e. The summed E-state index contributed by atoms with van der Waals surface area (Å²) < 4.78 is 0. The topological polar surface area (TPSA) is 164 Å². The first kappa shape index (κ1) is 23.5. The standard InChI is InChI=1S/C21H26N6O4/c1-15(28)27(18(29)17-8-12-24-13-9-17)21(19(30)31,10-5-11-25-20(22)23)26-14-16-6-3-2-4-7-16/h2-4,6-9,12-13,26H,5,10-11,14H2,1H3,(H,30,31)(H4,22,23,25)/t21-/m0/s1. The summed E-state index contributed by atoms with van der Waals surface area (Å²) in [6, 6.07) is 11.9. The molecule has 31 heavy (non-hydrogen) atoms. The number of carboxylic acid groups (broad SMARTS) is 1. The van der Waals surface area contributed by atoms with Gasteiger partial charge in [0.2, 0.25) is 11.6 Å². The molecule has 2 rings (SSSR count). The molecule has 0 spiro atoms. The number of amides is 2. The Balaban J connectivity index is 2.46. The number of carboxylic acids is 1. The van der Waals surface area contributed by atoms with Crippen LogP contribution in [0.2, 0.25) is 0 Å². The molecule has 1 aromatic carbocycles. The first-order valence-corrected chi connectivity index (χ1v) is 9.61. The lowest BCUT2D eigenvalue weighted by molar-refractivity contribution is -0.159. The zero-order valence-electron chi connectivity index (χ0n) is 17.2. The minimum absolute atomic E-state index is 0.109. The van der Waals surface area contributed by atoms with Gasteiger partial charge in [-0.2, -0.15) is 0 Å². The van der Waals surface area contributed by atoms with Crippen molar-refractivity contribution in [3.05, 3.63) is 66.0 Å². The van der Waals surface area contributed by atoms with Crippen molar-refractivity contribution in [2.45, 2.75) is 32.0 Å². The van der Waals surface area contributed by atoms with E-state index in [-0.39, 0.29) is 37.5 Å². The van der Waals surface area contributed by atoms with E-state index in [1.165, 1.54) is 24.5 Å². The summed E-state index contributed by atoms with van der Waals surface area (Å²) in [5.74, 6) is -2.97. The number of benzene rings is 1. The summed E-state index contributed by atoms with van der Waals surface area (Å²) in [4.78, 5) is 46.8. The van der Waals surface area contributed by atoms with E-state index in [2.05, 4.69) is 15.3 Å². The fourth-order valence-electron chi connectivity index (χ4n) is 3.15. The molecule has 2 amide bonds. The number of carbonyl (C=O) groups excluding carboxylic acids is 2. The van der Waals surface area contributed by atoms with Gasteiger partial charge in [0.1, 0.15) is 0 Å². The fourth-order valence-corrected chi connectivity index (χ4v) is 3.15. The molecule has 0 unspecified atom stereocenters. The molecule has 0 saturated carbocycles. The predicted octanol–water partition coefficient (Wildman–Crippen LogP) is 0.695. The lowest BCUT2D eigenvalue weighted by atomic mass is 9.98. The van der Waals surface area contributed by atoms with Crippen molar-refractivity contribution in [2.75, 3.05) is 6.54 Å². The van der Waals surface area contributed by atoms with Gasteiger partial charge in [0.05, 0.1) is 0 Å². The van der Waals surface area contributed by atoms with Crippen LogP contribution in [0.1, 0.15) is 35.7 Å². The predicted molar refractivity (Wildman–Crippen MR) is 115 cm³/mol. The van der Waals surface area contributed by atoms with E-state index >= 15 is 0 Å². The van der Waals surface area contributed by atoms with Gasteiger partial charge in [0.15, 0.2) is 5.96 Å². The highest BCUT2D eigenvalue weighted by molar-refractivity contribution is 6.07. The lowest BCUT2D eigenvalue weighted by Crippen LogP contribution is -2.67. The van der Waals surface area contributed by atoms with Crippen molar-refractivity contribution in [3.8, 4) is 0 Å². The maximum absolute atomic E-state index is 13.2. The molecule has 1 aromatic heterocycles. The van der Waals surface area contributed by atoms with Crippen LogP contribution in [0, 0.1) is 0 Å². The molecule has 0 aliphatic carbocycles. The quantitative estimate of drug-likeness (QED) is 0.186. The van der Waals surface area contributed by atoms with Crippen LogP contribution >= 0.6 is 0 Å². The number of aromatic nitrogens is 1. The molecule has 1 heterocycles. The van der Waals surface area contributed by atoms with E-state index in [4.69, 9.17) is 11.5 Å². The third-order valence-corrected chi connectivity index (χ3v) is 4.60. The monoisotopic (exact) mass is 426 g/mol. The van der Waals surface area contributed by atoms with Gasteiger partial charge < -0.3 is 16.6 Å². The van der Waals surface area contributed by atoms with Crippen LogP contribution in [-0.2, 0) is 16.1 Å². The molecule has 0 bridgehead atoms. The second kappa shape index (κ2) is 10.8. The number of hydrogen-bond donors (Lipinski definition) is 4. The fraction of sp³-hybridized carbons (Fsp3) is 0.286. The summed E-state index contributed by atoms with van der Waals surface area (Å²) in [5.41, 5.74) is 9.60. The average molecular weight is 426 g/mol. The normalized spacial score (nSPS) is 12.4. The van der Waals surface area contributed by atoms with Crippen molar-refractivity contribution >= 4 is 23.7 Å². The van der Waals surface area contributed by atoms with Crippen LogP contribution < -0.4 is 16.8 Å². The Morgan fingerprint density at radius 2 is 1.77 bits per heavy atom. The number of guanidine groups is 1. The van der Waals surface area contributed by atoms with Gasteiger partial charge in [-0.05, 0) is 30.5 Å². The highest BCUT2D eigenvalue weighted by Crippen LogP contribution is 2.24. The van der Waals surface area contributed by atoms with Gasteiger partial charge >= 0.3 is 5.97 Å². The number of aliphatic carboxylic acids is 1. The number of hydrogen-bond acceptors (Lipinski definition) is 6. The summed E-state index contributed by atoms with van der Waals surface area (Å²) in [5, 5.41) is 13.1. The molecule has 10 heteroatoms. The van der Waals surface area contributed by atoms with Crippen LogP contribution in [0.5, 0.6) is 0 Å². The van der Waals surface area contributed by atoms with E-state index in [9.17, 15) is 19.5 Å². The van der Waals surface area contributed by atoms with Crippen molar-refractivity contribution in [2.24, 2.45) is 16.5 Å². The van der Waals surface area contributed by atoms with Gasteiger partial charge in [-0.25, -0.2) is 9.69 Å². The number of aliphatic imine (C=N–C) groups is 1. The Morgan fingerprint density at radius 1 is 1.13 bits per heavy atom. The summed E-state index contributed by atoms with van der Waals surface area (Å²) in [7, 11) is 0. The number of nitrogens with two attached hydrogens (primary N) is 2. The largest absolute Gasteiger partial charge is 0.478 e. The molecule has 0 saturated heterocycles. The SMILES string of the molecule is CC(=O)N(C(=O)c1ccncc1)[C@](CCCN=C(N)N)(NCc1ccccc1)C(=O)O. The molecule has 0 aliphatic heterocycles. The van der Waals surface area contributed by atoms with Crippen LogP contribution in [0.15, 0.2) is 59.9 Å². The number of pyridine rings is 1. The van der Waals surface area contributed by atoms with Crippen molar-refractivity contribution in [1.29, 1.82) is 0 Å². The summed E-state index contributed by atoms with van der Waals surface area (Å²) in [6.07, 6.45) is 2.88. The summed E-state index contributed by atoms with van der Waals surface area (Å²) in [6.45, 7) is 1.40. The van der Waals surface area contributed by atoms with Gasteiger partial charge in [0.25, 0.3) is 5.91 Å². The Bertz CT molecular complexity index is 931. The minimum atomic E-state index is -2.01. The van der Waals surface area contributed by atoms with Crippen molar-refractivity contribution < 1.29 is 19.5 Å². The molecule has 164 valence electrons. The number of nitrogens with zero attached hydrogens (tertiary/aromatic N) is 3. The van der Waals surface area contributed by atoms with Crippen molar-refractivity contribution in [1.82, 2.24) is 15.2 Å². The molecule has 0 fully saturated rings. The molecule has 0 radical (unpaired) electrons. The second-order valence-corrected chi connectivity index (χ2v) is 6.81. The molecular formula is C21H26N6O4. The smallest absolute Gasteiger partial charge is 0.345 e. The number of rotatable bonds is 10. The van der Waals surface area contributed by atoms with E-state index in [1.54, 1.807) is 0 Å². The number of carbonyl (C=O) groups is 3. The highest BCUT2D eigenvalue weighted by atomic mass is 16.4. The first-order valence-electron chi connectivity index (χ1n) is 9.61. The Hall–Kier alpha value is -3.79. The van der Waals surface area contributed by atoms with Crippen LogP contribution in [0.25, 0.3) is 0 Å². The summed E-state index contributed by atoms with van der Waals surface area (Å²) >= 11 is 0. The zero-order chi connectivity index (χ0) is 22.9. The molecule has 10 nitrogen and oxygen atoms in total. The van der Waals surface area contributed by atoms with E-state index in [1.807, 2.05) is 30.3 Å². The van der Waals surface area contributed by atoms with Gasteiger partial charge in [0, 0.05) is 38.0 Å². The van der Waals surface area contributed by atoms with E-state index < -0.39 is 23.4 Å². The van der Waals surface area contributed by atoms with E-state index in [0.29, 0.717) is 0 Å². The molecule has 1 atom stereocenters. The van der Waals surface area contributed by atoms with Crippen LogP contribution in [0.4, 0.5) is 0 Å². The number of nitrogens with one attached hydrogen (secondary N) is 1. The first-order chi connectivity index (χ1) is 14.8. The van der Waals surface area contributed by atoms with Gasteiger partial charge in [-0.1, -0.05) is 30.3 Å². The highest BCUT2D eigenvalue weighted by Gasteiger charge is 2.48. The average Bonchev–Trinajstić information content (AvgIpc) is 2.75. The molecular weight excluding hydrogens is 400 g/mol. The zero-order valence-corrected chi connectivity index (χ0v) is 17.2. The third kappa shape index (κ3) is 6.09. The Labute approximate surface area is 180 Å². The molecule has 6 N–H and O–H groups in total. The Kier molecular flexibility index (Phi) is 8.21. The molecule has 2 aromatic rings. The Morgan fingerprint density at radius 3 is 2.32 bits per heavy atom. The number of imide groups is 1. The van der Waals surface area contributed by atoms with Crippen LogP contribution in [0.3, 0.4) is 0 Å². The maximum atomic E-state index is 13.2. The maximum Gasteiger partial charge on any atom is 0.345 e. The van der Waals surface area contributed by atoms with Gasteiger partial charge in [-0.15, -0.1) is 0 Å². The second-order valence-electron chi connectivity index (χ2n) is 6.81. The third-order valence-electron chi connectivity index (χ3n) is 4.60. The lowest BCUT2D eigenvalue weighted by Gasteiger charge is -2.39. The van der Waals surface area contributed by atoms with Crippen molar-refractivity contribution in [3.63, 3.8) is 0 Å². The van der Waals surface area contributed by atoms with Crippen LogP contribution in [-0.4, -0.2) is 50.9 Å². The molecule has 0 aliphatic rings.